The SMILES string of the molecule is CC(=O)Oc1ccc(C(=N)N)cc1[N+](=O)[O-].CS(=O)(=O)[O-]. The molecule has 0 aromatic heterocycles. The molecule has 0 aliphatic rings. The second-order valence-corrected chi connectivity index (χ2v) is 5.06. The third-order valence-electron chi connectivity index (χ3n) is 1.72. The molecule has 0 radical (unpaired) electrons. The summed E-state index contributed by atoms with van der Waals surface area (Å²) in [4.78, 5) is 20.7. The van der Waals surface area contributed by atoms with Gasteiger partial charge in [0.15, 0.2) is 0 Å². The molecule has 21 heavy (non-hydrogen) atoms. The van der Waals surface area contributed by atoms with Crippen LogP contribution in [-0.4, -0.2) is 36.0 Å². The van der Waals surface area contributed by atoms with Gasteiger partial charge in [-0.1, -0.05) is 0 Å². The Labute approximate surface area is 119 Å². The summed E-state index contributed by atoms with van der Waals surface area (Å²) in [7, 11) is -3.92. The Balaban J connectivity index is 0.000000690. The average Bonchev–Trinajstić information content (AvgIpc) is 2.25. The second kappa shape index (κ2) is 7.31. The van der Waals surface area contributed by atoms with Crippen LogP contribution in [0.2, 0.25) is 0 Å². The molecule has 0 saturated carbocycles. The van der Waals surface area contributed by atoms with E-state index in [9.17, 15) is 14.9 Å². The first-order valence-corrected chi connectivity index (χ1v) is 6.95. The van der Waals surface area contributed by atoms with Crippen LogP contribution in [0.1, 0.15) is 12.5 Å². The zero-order valence-corrected chi connectivity index (χ0v) is 11.8. The van der Waals surface area contributed by atoms with Crippen LogP contribution in [0.3, 0.4) is 0 Å². The van der Waals surface area contributed by atoms with Gasteiger partial charge in [-0.3, -0.25) is 20.3 Å². The van der Waals surface area contributed by atoms with Gasteiger partial charge in [-0.05, 0) is 12.1 Å². The number of amidine groups is 1. The summed E-state index contributed by atoms with van der Waals surface area (Å²) in [5.74, 6) is -1.11. The zero-order valence-electron chi connectivity index (χ0n) is 11.0. The smallest absolute Gasteiger partial charge is 0.312 e. The van der Waals surface area contributed by atoms with Crippen LogP contribution in [0, 0.1) is 15.5 Å². The number of carbonyl (C=O) groups is 1. The van der Waals surface area contributed by atoms with Gasteiger partial charge in [0.25, 0.3) is 0 Å². The van der Waals surface area contributed by atoms with Gasteiger partial charge in [-0.15, -0.1) is 0 Å². The van der Waals surface area contributed by atoms with Crippen LogP contribution in [0.25, 0.3) is 0 Å². The molecular formula is C10H12N3O7S-. The lowest BCUT2D eigenvalue weighted by molar-refractivity contribution is -0.385. The lowest BCUT2D eigenvalue weighted by Gasteiger charge is -2.04. The van der Waals surface area contributed by atoms with E-state index in [1.165, 1.54) is 12.1 Å². The fraction of sp³-hybridized carbons (Fsp3) is 0.200. The van der Waals surface area contributed by atoms with Gasteiger partial charge < -0.3 is 15.0 Å². The molecule has 0 aliphatic carbocycles. The third-order valence-corrected chi connectivity index (χ3v) is 1.72. The third kappa shape index (κ3) is 8.28. The van der Waals surface area contributed by atoms with Crippen molar-refractivity contribution in [1.29, 1.82) is 5.41 Å². The summed E-state index contributed by atoms with van der Waals surface area (Å²) in [5.41, 5.74) is 4.98. The Morgan fingerprint density at radius 3 is 2.24 bits per heavy atom. The molecule has 0 unspecified atom stereocenters. The van der Waals surface area contributed by atoms with E-state index in [1.54, 1.807) is 0 Å². The highest BCUT2D eigenvalue weighted by Gasteiger charge is 2.18. The molecule has 1 aromatic rings. The monoisotopic (exact) mass is 318 g/mol. The van der Waals surface area contributed by atoms with Crippen LogP contribution >= 0.6 is 0 Å². The number of nitrogens with zero attached hydrogens (tertiary/aromatic N) is 1. The summed E-state index contributed by atoms with van der Waals surface area (Å²) in [6.07, 6.45) is 0.604. The molecule has 0 fully saturated rings. The maximum Gasteiger partial charge on any atom is 0.312 e. The summed E-state index contributed by atoms with van der Waals surface area (Å²) in [6, 6.07) is 3.68. The number of hydrogen-bond donors (Lipinski definition) is 2. The first-order valence-electron chi connectivity index (χ1n) is 5.14. The van der Waals surface area contributed by atoms with Crippen LogP contribution in [-0.2, 0) is 14.9 Å². The van der Waals surface area contributed by atoms with E-state index in [4.69, 9.17) is 24.1 Å². The fourth-order valence-corrected chi connectivity index (χ4v) is 1.07. The zero-order chi connectivity index (χ0) is 16.8. The van der Waals surface area contributed by atoms with Crippen LogP contribution in [0.5, 0.6) is 5.75 Å². The number of esters is 1. The number of rotatable bonds is 3. The molecule has 0 heterocycles. The minimum absolute atomic E-state index is 0.164. The molecule has 0 bridgehead atoms. The second-order valence-electron chi connectivity index (χ2n) is 3.65. The van der Waals surface area contributed by atoms with Gasteiger partial charge in [0.05, 0.1) is 15.0 Å². The Morgan fingerprint density at radius 2 is 1.90 bits per heavy atom. The van der Waals surface area contributed by atoms with E-state index in [1.807, 2.05) is 0 Å². The molecular weight excluding hydrogens is 306 g/mol. The molecule has 0 spiro atoms. The van der Waals surface area contributed by atoms with E-state index in [0.717, 1.165) is 13.0 Å². The maximum atomic E-state index is 10.7. The van der Waals surface area contributed by atoms with Crippen LogP contribution in [0.15, 0.2) is 18.2 Å². The van der Waals surface area contributed by atoms with E-state index < -0.39 is 26.7 Å². The van der Waals surface area contributed by atoms with Crippen molar-refractivity contribution in [3.63, 3.8) is 0 Å². The van der Waals surface area contributed by atoms with Crippen molar-refractivity contribution in [2.75, 3.05) is 6.26 Å². The predicted octanol–water partition coefficient (Wildman–Crippen LogP) is -0.0344. The Hall–Kier alpha value is -2.53. The molecule has 0 atom stereocenters. The highest BCUT2D eigenvalue weighted by molar-refractivity contribution is 7.84. The molecule has 3 N–H and O–H groups in total. The van der Waals surface area contributed by atoms with Gasteiger partial charge >= 0.3 is 11.7 Å². The lowest BCUT2D eigenvalue weighted by Crippen LogP contribution is -2.12. The van der Waals surface area contributed by atoms with Crippen molar-refractivity contribution < 1.29 is 27.4 Å². The summed E-state index contributed by atoms with van der Waals surface area (Å²) < 4.78 is 31.9. The van der Waals surface area contributed by atoms with Crippen molar-refractivity contribution in [2.45, 2.75) is 6.92 Å². The van der Waals surface area contributed by atoms with Gasteiger partial charge in [-0.25, -0.2) is 8.42 Å². The standard InChI is InChI=1S/C9H9N3O4.CH4O3S/c1-5(13)16-8-3-2-6(9(10)11)4-7(8)12(14)15;1-5(2,3)4/h2-4H,1H3,(H3,10,11);1H3,(H,2,3,4)/p-1. The molecule has 116 valence electrons. The largest absolute Gasteiger partial charge is 0.748 e. The molecule has 0 saturated heterocycles. The number of ether oxygens (including phenoxy) is 1. The lowest BCUT2D eigenvalue weighted by atomic mass is 10.2. The minimum Gasteiger partial charge on any atom is -0.748 e. The summed E-state index contributed by atoms with van der Waals surface area (Å²) in [5, 5.41) is 17.8. The number of benzene rings is 1. The number of nitrogens with one attached hydrogen (secondary N) is 1. The highest BCUT2D eigenvalue weighted by atomic mass is 32.2. The van der Waals surface area contributed by atoms with Crippen LogP contribution in [0.4, 0.5) is 5.69 Å². The minimum atomic E-state index is -3.92. The average molecular weight is 318 g/mol. The van der Waals surface area contributed by atoms with Gasteiger partial charge in [0.1, 0.15) is 5.84 Å². The number of nitrogen functional groups attached to an aromatic ring is 1. The number of nitro groups is 1. The number of hydrogen-bond acceptors (Lipinski definition) is 8. The summed E-state index contributed by atoms with van der Waals surface area (Å²) in [6.45, 7) is 1.14. The Bertz CT molecular complexity index is 661. The fourth-order valence-electron chi connectivity index (χ4n) is 1.07. The topological polar surface area (TPSA) is 177 Å². The molecule has 11 heteroatoms. The first kappa shape index (κ1) is 18.5. The normalized spacial score (nSPS) is 10.0. The van der Waals surface area contributed by atoms with Gasteiger partial charge in [0.2, 0.25) is 5.75 Å². The quantitative estimate of drug-likeness (QED) is 0.148. The van der Waals surface area contributed by atoms with E-state index in [0.29, 0.717) is 6.26 Å². The summed E-state index contributed by atoms with van der Waals surface area (Å²) >= 11 is 0. The van der Waals surface area contributed by atoms with Crippen molar-refractivity contribution in [3.8, 4) is 5.75 Å². The van der Waals surface area contributed by atoms with Crippen molar-refractivity contribution in [2.24, 2.45) is 5.73 Å². The van der Waals surface area contributed by atoms with Crippen molar-refractivity contribution in [1.82, 2.24) is 0 Å². The van der Waals surface area contributed by atoms with E-state index in [-0.39, 0.29) is 17.1 Å². The predicted molar refractivity (Wildman–Crippen MR) is 71.0 cm³/mol. The number of nitrogens with two attached hydrogens (primary N) is 1. The van der Waals surface area contributed by atoms with E-state index in [2.05, 4.69) is 4.74 Å². The Kier molecular flexibility index (Phi) is 6.42. The number of nitro benzene ring substituents is 1. The molecule has 1 aromatic carbocycles. The van der Waals surface area contributed by atoms with Gasteiger partial charge in [-0.2, -0.15) is 0 Å². The van der Waals surface area contributed by atoms with Crippen molar-refractivity contribution in [3.05, 3.63) is 33.9 Å². The maximum absolute atomic E-state index is 10.7. The number of carbonyl (C=O) groups excluding carboxylic acids is 1. The molecule has 10 nitrogen and oxygen atoms in total. The first-order chi connectivity index (χ1) is 9.41. The molecule has 0 amide bonds. The van der Waals surface area contributed by atoms with Crippen molar-refractivity contribution >= 4 is 27.6 Å². The van der Waals surface area contributed by atoms with Crippen LogP contribution < -0.4 is 10.5 Å². The molecule has 1 rings (SSSR count). The Morgan fingerprint density at radius 1 is 1.43 bits per heavy atom. The van der Waals surface area contributed by atoms with Gasteiger partial charge in [0, 0.05) is 24.8 Å². The molecule has 0 aliphatic heterocycles. The highest BCUT2D eigenvalue weighted by Crippen LogP contribution is 2.27. The van der Waals surface area contributed by atoms with E-state index >= 15 is 0 Å².